The predicted octanol–water partition coefficient (Wildman–Crippen LogP) is 6.15. The van der Waals surface area contributed by atoms with E-state index in [1.165, 1.54) is 24.3 Å². The zero-order valence-electron chi connectivity index (χ0n) is 18.6. The van der Waals surface area contributed by atoms with Crippen LogP contribution in [-0.2, 0) is 0 Å². The standard InChI is InChI=1S/C28H28F2N2O/c29-25-9-5-22(6-10-25)28(23-7-11-26(30)12-8-23)24-13-16-32(17-14-24)15-2-18-33-27-4-1-3-21(19-27)20-31/h1,3-12,19,24,28H,2,13-18H2. The van der Waals surface area contributed by atoms with E-state index in [1.54, 1.807) is 12.1 Å². The van der Waals surface area contributed by atoms with E-state index in [0.717, 1.165) is 55.8 Å². The second-order valence-electron chi connectivity index (χ2n) is 8.60. The normalized spacial score (nSPS) is 14.8. The van der Waals surface area contributed by atoms with Crippen LogP contribution in [0.2, 0.25) is 0 Å². The number of likely N-dealkylation sites (tertiary alicyclic amines) is 1. The van der Waals surface area contributed by atoms with Crippen molar-refractivity contribution in [2.45, 2.75) is 25.2 Å². The van der Waals surface area contributed by atoms with Crippen LogP contribution in [0.3, 0.4) is 0 Å². The van der Waals surface area contributed by atoms with E-state index in [-0.39, 0.29) is 17.6 Å². The fourth-order valence-electron chi connectivity index (χ4n) is 4.72. The molecule has 170 valence electrons. The number of benzene rings is 3. The summed E-state index contributed by atoms with van der Waals surface area (Å²) in [6.07, 6.45) is 2.98. The summed E-state index contributed by atoms with van der Waals surface area (Å²) in [4.78, 5) is 2.46. The lowest BCUT2D eigenvalue weighted by molar-refractivity contribution is 0.163. The molecule has 3 aromatic rings. The lowest BCUT2D eigenvalue weighted by Gasteiger charge is -2.36. The van der Waals surface area contributed by atoms with Gasteiger partial charge < -0.3 is 9.64 Å². The van der Waals surface area contributed by atoms with Crippen LogP contribution in [0.1, 0.15) is 41.9 Å². The summed E-state index contributed by atoms with van der Waals surface area (Å²) in [7, 11) is 0. The molecule has 1 heterocycles. The van der Waals surface area contributed by atoms with Crippen molar-refractivity contribution in [1.82, 2.24) is 4.90 Å². The summed E-state index contributed by atoms with van der Waals surface area (Å²) in [6, 6.07) is 22.8. The van der Waals surface area contributed by atoms with Crippen molar-refractivity contribution in [3.63, 3.8) is 0 Å². The van der Waals surface area contributed by atoms with Crippen molar-refractivity contribution in [3.8, 4) is 11.8 Å². The van der Waals surface area contributed by atoms with Gasteiger partial charge in [0.2, 0.25) is 0 Å². The molecule has 0 atom stereocenters. The number of halogens is 2. The SMILES string of the molecule is N#Cc1cccc(OCCCN2CCC(C(c3ccc(F)cc3)c3ccc(F)cc3)CC2)c1. The van der Waals surface area contributed by atoms with E-state index in [4.69, 9.17) is 10.00 Å². The van der Waals surface area contributed by atoms with Gasteiger partial charge in [0, 0.05) is 12.5 Å². The van der Waals surface area contributed by atoms with E-state index in [2.05, 4.69) is 11.0 Å². The molecule has 0 aliphatic carbocycles. The monoisotopic (exact) mass is 446 g/mol. The van der Waals surface area contributed by atoms with Crippen LogP contribution in [0, 0.1) is 28.9 Å². The minimum absolute atomic E-state index is 0.129. The third kappa shape index (κ3) is 6.18. The van der Waals surface area contributed by atoms with Crippen LogP contribution in [0.4, 0.5) is 8.78 Å². The molecule has 3 aromatic carbocycles. The molecule has 0 saturated carbocycles. The van der Waals surface area contributed by atoms with Gasteiger partial charge in [-0.15, -0.1) is 0 Å². The zero-order chi connectivity index (χ0) is 23.0. The Morgan fingerprint density at radius 1 is 0.909 bits per heavy atom. The van der Waals surface area contributed by atoms with E-state index in [0.29, 0.717) is 18.1 Å². The molecule has 0 aromatic heterocycles. The fourth-order valence-corrected chi connectivity index (χ4v) is 4.72. The molecule has 0 N–H and O–H groups in total. The first-order valence-corrected chi connectivity index (χ1v) is 11.5. The van der Waals surface area contributed by atoms with E-state index in [9.17, 15) is 8.78 Å². The Hall–Kier alpha value is -3.23. The van der Waals surface area contributed by atoms with Crippen molar-refractivity contribution in [1.29, 1.82) is 5.26 Å². The fraction of sp³-hybridized carbons (Fsp3) is 0.321. The van der Waals surface area contributed by atoms with Crippen LogP contribution in [0.5, 0.6) is 5.75 Å². The van der Waals surface area contributed by atoms with Gasteiger partial charge in [-0.1, -0.05) is 30.3 Å². The average Bonchev–Trinajstić information content (AvgIpc) is 2.85. The van der Waals surface area contributed by atoms with Crippen LogP contribution >= 0.6 is 0 Å². The second kappa shape index (κ2) is 11.1. The molecule has 3 nitrogen and oxygen atoms in total. The highest BCUT2D eigenvalue weighted by molar-refractivity contribution is 5.36. The average molecular weight is 447 g/mol. The molecule has 0 amide bonds. The highest BCUT2D eigenvalue weighted by Crippen LogP contribution is 2.38. The van der Waals surface area contributed by atoms with Crippen LogP contribution in [0.15, 0.2) is 72.8 Å². The van der Waals surface area contributed by atoms with Gasteiger partial charge in [-0.05, 0) is 91.9 Å². The first-order valence-electron chi connectivity index (χ1n) is 11.5. The summed E-state index contributed by atoms with van der Waals surface area (Å²) in [5.41, 5.74) is 2.76. The zero-order valence-corrected chi connectivity index (χ0v) is 18.6. The Balaban J connectivity index is 1.32. The summed E-state index contributed by atoms with van der Waals surface area (Å²) in [6.45, 7) is 3.56. The molecule has 0 spiro atoms. The van der Waals surface area contributed by atoms with Crippen molar-refractivity contribution in [2.75, 3.05) is 26.2 Å². The van der Waals surface area contributed by atoms with Gasteiger partial charge in [-0.3, -0.25) is 0 Å². The lowest BCUT2D eigenvalue weighted by atomic mass is 9.76. The molecular formula is C28H28F2N2O. The number of nitriles is 1. The molecule has 1 saturated heterocycles. The molecule has 1 aliphatic rings. The minimum atomic E-state index is -0.243. The molecule has 0 bridgehead atoms. The Morgan fingerprint density at radius 3 is 2.09 bits per heavy atom. The summed E-state index contributed by atoms with van der Waals surface area (Å²) < 4.78 is 32.8. The van der Waals surface area contributed by atoms with Crippen LogP contribution in [-0.4, -0.2) is 31.1 Å². The quantitative estimate of drug-likeness (QED) is 0.390. The molecular weight excluding hydrogens is 418 g/mol. The number of hydrogen-bond donors (Lipinski definition) is 0. The Morgan fingerprint density at radius 2 is 1.52 bits per heavy atom. The number of rotatable bonds is 8. The predicted molar refractivity (Wildman–Crippen MR) is 125 cm³/mol. The van der Waals surface area contributed by atoms with Crippen LogP contribution < -0.4 is 4.74 Å². The Bertz CT molecular complexity index is 1020. The Kier molecular flexibility index (Phi) is 7.70. The van der Waals surface area contributed by atoms with Crippen molar-refractivity contribution < 1.29 is 13.5 Å². The summed E-state index contributed by atoms with van der Waals surface area (Å²) >= 11 is 0. The molecule has 33 heavy (non-hydrogen) atoms. The number of nitrogens with zero attached hydrogens (tertiary/aromatic N) is 2. The topological polar surface area (TPSA) is 36.3 Å². The third-order valence-corrected chi connectivity index (χ3v) is 6.41. The van der Waals surface area contributed by atoms with Gasteiger partial charge in [0.25, 0.3) is 0 Å². The van der Waals surface area contributed by atoms with E-state index >= 15 is 0 Å². The van der Waals surface area contributed by atoms with Crippen molar-refractivity contribution in [2.24, 2.45) is 5.92 Å². The maximum absolute atomic E-state index is 13.5. The minimum Gasteiger partial charge on any atom is -0.494 e. The van der Waals surface area contributed by atoms with Crippen molar-refractivity contribution >= 4 is 0 Å². The van der Waals surface area contributed by atoms with Crippen LogP contribution in [0.25, 0.3) is 0 Å². The number of hydrogen-bond acceptors (Lipinski definition) is 3. The van der Waals surface area contributed by atoms with Gasteiger partial charge in [0.1, 0.15) is 17.4 Å². The molecule has 0 unspecified atom stereocenters. The number of ether oxygens (including phenoxy) is 1. The van der Waals surface area contributed by atoms with Crippen molar-refractivity contribution in [3.05, 3.63) is 101 Å². The maximum atomic E-state index is 13.5. The van der Waals surface area contributed by atoms with Gasteiger partial charge >= 0.3 is 0 Å². The van der Waals surface area contributed by atoms with E-state index < -0.39 is 0 Å². The number of piperidine rings is 1. The molecule has 5 heteroatoms. The van der Waals surface area contributed by atoms with Gasteiger partial charge in [-0.25, -0.2) is 8.78 Å². The maximum Gasteiger partial charge on any atom is 0.123 e. The highest BCUT2D eigenvalue weighted by Gasteiger charge is 2.29. The molecule has 1 aliphatic heterocycles. The van der Waals surface area contributed by atoms with Gasteiger partial charge in [-0.2, -0.15) is 5.26 Å². The van der Waals surface area contributed by atoms with Gasteiger partial charge in [0.15, 0.2) is 0 Å². The third-order valence-electron chi connectivity index (χ3n) is 6.41. The lowest BCUT2D eigenvalue weighted by Crippen LogP contribution is -2.36. The van der Waals surface area contributed by atoms with Gasteiger partial charge in [0.05, 0.1) is 18.2 Å². The largest absolute Gasteiger partial charge is 0.494 e. The first-order chi connectivity index (χ1) is 16.1. The smallest absolute Gasteiger partial charge is 0.123 e. The van der Waals surface area contributed by atoms with E-state index in [1.807, 2.05) is 36.4 Å². The molecule has 1 fully saturated rings. The second-order valence-corrected chi connectivity index (χ2v) is 8.60. The highest BCUT2D eigenvalue weighted by atomic mass is 19.1. The Labute approximate surface area is 194 Å². The summed E-state index contributed by atoms with van der Waals surface area (Å²) in [5.74, 6) is 0.793. The molecule has 4 rings (SSSR count). The first kappa shape index (κ1) is 22.9. The summed E-state index contributed by atoms with van der Waals surface area (Å²) in [5, 5.41) is 8.99. The molecule has 0 radical (unpaired) electrons.